The Bertz CT molecular complexity index is 1020. The molecule has 2 aliphatic heterocycles. The van der Waals surface area contributed by atoms with Gasteiger partial charge in [0, 0.05) is 43.4 Å². The first kappa shape index (κ1) is 22.0. The molecule has 168 valence electrons. The van der Waals surface area contributed by atoms with E-state index >= 15 is 0 Å². The van der Waals surface area contributed by atoms with Crippen molar-refractivity contribution in [2.75, 3.05) is 37.4 Å². The fourth-order valence-corrected chi connectivity index (χ4v) is 5.76. The van der Waals surface area contributed by atoms with Crippen LogP contribution in [0.15, 0.2) is 24.3 Å². The SMILES string of the molecule is CCS(=O)(=O)N1CCCC(c2nc(C)c3c(n2)N(Cc2ccc(OC)cc2)CCC3)C1. The molecule has 7 nitrogen and oxygen atoms in total. The van der Waals surface area contributed by atoms with Crippen LogP contribution in [0, 0.1) is 6.92 Å². The monoisotopic (exact) mass is 444 g/mol. The molecule has 0 amide bonds. The van der Waals surface area contributed by atoms with Crippen LogP contribution in [-0.4, -0.2) is 55.2 Å². The fourth-order valence-electron chi connectivity index (χ4n) is 4.59. The predicted molar refractivity (Wildman–Crippen MR) is 122 cm³/mol. The van der Waals surface area contributed by atoms with Crippen LogP contribution in [0.25, 0.3) is 0 Å². The minimum atomic E-state index is -3.19. The maximum Gasteiger partial charge on any atom is 0.213 e. The van der Waals surface area contributed by atoms with Gasteiger partial charge < -0.3 is 9.64 Å². The maximum atomic E-state index is 12.4. The highest BCUT2D eigenvalue weighted by Crippen LogP contribution is 2.33. The lowest BCUT2D eigenvalue weighted by atomic mass is 9.97. The van der Waals surface area contributed by atoms with E-state index in [1.807, 2.05) is 12.1 Å². The van der Waals surface area contributed by atoms with Gasteiger partial charge in [-0.05, 0) is 57.2 Å². The first-order chi connectivity index (χ1) is 14.9. The van der Waals surface area contributed by atoms with Crippen molar-refractivity contribution in [1.29, 1.82) is 0 Å². The molecule has 1 unspecified atom stereocenters. The van der Waals surface area contributed by atoms with Crippen LogP contribution >= 0.6 is 0 Å². The van der Waals surface area contributed by atoms with E-state index in [1.54, 1.807) is 18.3 Å². The minimum absolute atomic E-state index is 0.0452. The van der Waals surface area contributed by atoms with Gasteiger partial charge in [-0.3, -0.25) is 0 Å². The standard InChI is InChI=1S/C23H32N4O3S/c1-4-31(28,29)27-14-5-7-19(16-27)22-24-17(2)21-8-6-13-26(23(21)25-22)15-18-9-11-20(30-3)12-10-18/h9-12,19H,4-8,13-16H2,1-3H3. The van der Waals surface area contributed by atoms with Gasteiger partial charge in [-0.1, -0.05) is 12.1 Å². The lowest BCUT2D eigenvalue weighted by Crippen LogP contribution is -2.40. The van der Waals surface area contributed by atoms with Crippen molar-refractivity contribution in [2.24, 2.45) is 0 Å². The fraction of sp³-hybridized carbons (Fsp3) is 0.565. The number of aryl methyl sites for hydroxylation is 1. The van der Waals surface area contributed by atoms with Crippen molar-refractivity contribution >= 4 is 15.8 Å². The smallest absolute Gasteiger partial charge is 0.213 e. The summed E-state index contributed by atoms with van der Waals surface area (Å²) in [5.74, 6) is 2.84. The van der Waals surface area contributed by atoms with Gasteiger partial charge in [0.05, 0.1) is 12.9 Å². The van der Waals surface area contributed by atoms with Crippen molar-refractivity contribution in [1.82, 2.24) is 14.3 Å². The molecule has 0 saturated carbocycles. The molecule has 0 aliphatic carbocycles. The Morgan fingerprint density at radius 1 is 1.13 bits per heavy atom. The number of hydrogen-bond acceptors (Lipinski definition) is 6. The molecular formula is C23H32N4O3S. The molecule has 2 aliphatic rings. The quantitative estimate of drug-likeness (QED) is 0.681. The summed E-state index contributed by atoms with van der Waals surface area (Å²) < 4.78 is 31.7. The Labute approximate surface area is 185 Å². The molecule has 31 heavy (non-hydrogen) atoms. The Kier molecular flexibility index (Phi) is 6.48. The maximum absolute atomic E-state index is 12.4. The zero-order valence-electron chi connectivity index (χ0n) is 18.7. The van der Waals surface area contributed by atoms with Gasteiger partial charge in [-0.15, -0.1) is 0 Å². The number of benzene rings is 1. The zero-order chi connectivity index (χ0) is 22.0. The number of ether oxygens (including phenoxy) is 1. The van der Waals surface area contributed by atoms with E-state index in [9.17, 15) is 8.42 Å². The Hall–Kier alpha value is -2.19. The van der Waals surface area contributed by atoms with Crippen LogP contribution in [0.4, 0.5) is 5.82 Å². The van der Waals surface area contributed by atoms with Gasteiger partial charge in [0.1, 0.15) is 17.4 Å². The van der Waals surface area contributed by atoms with Gasteiger partial charge in [-0.25, -0.2) is 22.7 Å². The number of sulfonamides is 1. The number of methoxy groups -OCH3 is 1. The second kappa shape index (κ2) is 9.12. The van der Waals surface area contributed by atoms with Gasteiger partial charge >= 0.3 is 0 Å². The summed E-state index contributed by atoms with van der Waals surface area (Å²) in [5.41, 5.74) is 3.46. The van der Waals surface area contributed by atoms with E-state index in [0.29, 0.717) is 13.1 Å². The average Bonchev–Trinajstić information content (AvgIpc) is 2.80. The molecule has 4 rings (SSSR count). The second-order valence-electron chi connectivity index (χ2n) is 8.44. The molecule has 1 fully saturated rings. The minimum Gasteiger partial charge on any atom is -0.497 e. The summed E-state index contributed by atoms with van der Waals surface area (Å²) in [6, 6.07) is 8.16. The number of anilines is 1. The average molecular weight is 445 g/mol. The number of fused-ring (bicyclic) bond motifs is 1. The van der Waals surface area contributed by atoms with Crippen molar-refractivity contribution in [3.8, 4) is 5.75 Å². The lowest BCUT2D eigenvalue weighted by Gasteiger charge is -2.34. The summed E-state index contributed by atoms with van der Waals surface area (Å²) in [6.07, 6.45) is 3.84. The predicted octanol–water partition coefficient (Wildman–Crippen LogP) is 3.28. The molecule has 8 heteroatoms. The van der Waals surface area contributed by atoms with Gasteiger partial charge in [0.15, 0.2) is 0 Å². The largest absolute Gasteiger partial charge is 0.497 e. The highest BCUT2D eigenvalue weighted by Gasteiger charge is 2.31. The Balaban J connectivity index is 1.60. The van der Waals surface area contributed by atoms with Crippen LogP contribution in [0.2, 0.25) is 0 Å². The molecule has 1 aromatic carbocycles. The summed E-state index contributed by atoms with van der Waals surface area (Å²) in [5, 5.41) is 0. The zero-order valence-corrected chi connectivity index (χ0v) is 19.5. The summed E-state index contributed by atoms with van der Waals surface area (Å²) in [7, 11) is -1.51. The van der Waals surface area contributed by atoms with E-state index in [1.165, 1.54) is 11.1 Å². The van der Waals surface area contributed by atoms with E-state index in [-0.39, 0.29) is 11.7 Å². The third kappa shape index (κ3) is 4.70. The number of nitrogens with zero attached hydrogens (tertiary/aromatic N) is 4. The third-order valence-electron chi connectivity index (χ3n) is 6.40. The van der Waals surface area contributed by atoms with Crippen LogP contribution < -0.4 is 9.64 Å². The molecule has 0 spiro atoms. The highest BCUT2D eigenvalue weighted by molar-refractivity contribution is 7.89. The van der Waals surface area contributed by atoms with E-state index < -0.39 is 10.0 Å². The van der Waals surface area contributed by atoms with E-state index in [4.69, 9.17) is 14.7 Å². The summed E-state index contributed by atoms with van der Waals surface area (Å²) in [6.45, 7) is 6.58. The van der Waals surface area contributed by atoms with Gasteiger partial charge in [0.2, 0.25) is 10.0 Å². The van der Waals surface area contributed by atoms with Crippen LogP contribution in [0.1, 0.15) is 54.7 Å². The van der Waals surface area contributed by atoms with Gasteiger partial charge in [0.25, 0.3) is 0 Å². The first-order valence-corrected chi connectivity index (χ1v) is 12.7. The lowest BCUT2D eigenvalue weighted by molar-refractivity contribution is 0.309. The molecule has 0 N–H and O–H groups in total. The van der Waals surface area contributed by atoms with E-state index in [2.05, 4.69) is 24.0 Å². The van der Waals surface area contributed by atoms with Crippen molar-refractivity contribution in [2.45, 2.75) is 52.0 Å². The van der Waals surface area contributed by atoms with Crippen molar-refractivity contribution < 1.29 is 13.2 Å². The molecule has 1 aromatic heterocycles. The van der Waals surface area contributed by atoms with Crippen LogP contribution in [0.3, 0.4) is 0 Å². The van der Waals surface area contributed by atoms with Gasteiger partial charge in [-0.2, -0.15) is 0 Å². The van der Waals surface area contributed by atoms with Crippen LogP contribution in [0.5, 0.6) is 5.75 Å². The second-order valence-corrected chi connectivity index (χ2v) is 10.7. The number of aromatic nitrogens is 2. The number of hydrogen-bond donors (Lipinski definition) is 0. The Morgan fingerprint density at radius 2 is 1.90 bits per heavy atom. The molecule has 0 radical (unpaired) electrons. The molecular weight excluding hydrogens is 412 g/mol. The van der Waals surface area contributed by atoms with E-state index in [0.717, 1.165) is 61.9 Å². The topological polar surface area (TPSA) is 75.6 Å². The molecule has 1 saturated heterocycles. The summed E-state index contributed by atoms with van der Waals surface area (Å²) in [4.78, 5) is 12.2. The number of rotatable bonds is 6. The normalized spacial score (nSPS) is 19.8. The van der Waals surface area contributed by atoms with Crippen molar-refractivity contribution in [3.05, 3.63) is 46.9 Å². The summed E-state index contributed by atoms with van der Waals surface area (Å²) >= 11 is 0. The van der Waals surface area contributed by atoms with Crippen molar-refractivity contribution in [3.63, 3.8) is 0 Å². The molecule has 1 atom stereocenters. The highest BCUT2D eigenvalue weighted by atomic mass is 32.2. The molecule has 3 heterocycles. The molecule has 0 bridgehead atoms. The van der Waals surface area contributed by atoms with Crippen LogP contribution in [-0.2, 0) is 23.0 Å². The number of piperidine rings is 1. The first-order valence-electron chi connectivity index (χ1n) is 11.1. The molecule has 2 aromatic rings. The Morgan fingerprint density at radius 3 is 2.61 bits per heavy atom. The third-order valence-corrected chi connectivity index (χ3v) is 8.25.